The van der Waals surface area contributed by atoms with Crippen LogP contribution < -0.4 is 4.90 Å². The first-order chi connectivity index (χ1) is 16.3. The molecule has 1 aliphatic rings. The summed E-state index contributed by atoms with van der Waals surface area (Å²) in [5, 5.41) is 0.641. The van der Waals surface area contributed by atoms with Crippen LogP contribution in [0.25, 0.3) is 10.2 Å². The number of aromatic nitrogens is 1. The lowest BCUT2D eigenvalue weighted by Gasteiger charge is -2.30. The Labute approximate surface area is 218 Å². The number of benzene rings is 2. The van der Waals surface area contributed by atoms with Gasteiger partial charge >= 0.3 is 0 Å². The monoisotopic (exact) mass is 536 g/mol. The summed E-state index contributed by atoms with van der Waals surface area (Å²) in [5.74, 6) is -0.189. The minimum absolute atomic E-state index is 0. The number of rotatable bonds is 8. The van der Waals surface area contributed by atoms with Gasteiger partial charge in [0.1, 0.15) is 0 Å². The van der Waals surface area contributed by atoms with Gasteiger partial charge < -0.3 is 4.90 Å². The third-order valence-corrected chi connectivity index (χ3v) is 9.38. The van der Waals surface area contributed by atoms with Crippen molar-refractivity contribution in [2.75, 3.05) is 39.1 Å². The number of fused-ring (bicyclic) bond motifs is 1. The zero-order chi connectivity index (χ0) is 24.3. The topological polar surface area (TPSA) is 73.8 Å². The van der Waals surface area contributed by atoms with Gasteiger partial charge in [0.25, 0.3) is 5.91 Å². The van der Waals surface area contributed by atoms with E-state index in [1.165, 1.54) is 22.1 Å². The van der Waals surface area contributed by atoms with E-state index in [0.717, 1.165) is 35.9 Å². The molecule has 190 valence electrons. The van der Waals surface area contributed by atoms with Gasteiger partial charge in [0.05, 0.1) is 15.1 Å². The largest absolute Gasteiger partial charge is 0.308 e. The molecule has 1 saturated carbocycles. The SMILES string of the molecule is CN(C)CCN(C(=O)c1ccc(S(=O)(=O)N(C)C2CCCCC2)cc1)c1nc2ccccc2s1.Cl. The zero-order valence-corrected chi connectivity index (χ0v) is 22.8. The van der Waals surface area contributed by atoms with Crippen LogP contribution in [0.2, 0.25) is 0 Å². The molecule has 7 nitrogen and oxygen atoms in total. The number of sulfonamides is 1. The molecule has 0 unspecified atom stereocenters. The summed E-state index contributed by atoms with van der Waals surface area (Å²) in [6, 6.07) is 14.2. The molecule has 1 aromatic heterocycles. The van der Waals surface area contributed by atoms with E-state index in [1.54, 1.807) is 36.2 Å². The van der Waals surface area contributed by atoms with E-state index in [0.29, 0.717) is 23.8 Å². The normalized spacial score (nSPS) is 14.9. The number of nitrogens with zero attached hydrogens (tertiary/aromatic N) is 4. The van der Waals surface area contributed by atoms with Gasteiger partial charge in [-0.25, -0.2) is 13.4 Å². The summed E-state index contributed by atoms with van der Waals surface area (Å²) in [6.45, 7) is 1.16. The Morgan fingerprint density at radius 1 is 0.971 bits per heavy atom. The van der Waals surface area contributed by atoms with Crippen molar-refractivity contribution in [1.82, 2.24) is 14.2 Å². The number of thiazole rings is 1. The summed E-state index contributed by atoms with van der Waals surface area (Å²) in [7, 11) is 1.99. The molecule has 35 heavy (non-hydrogen) atoms. The van der Waals surface area contributed by atoms with Crippen LogP contribution in [-0.4, -0.2) is 68.8 Å². The number of likely N-dealkylation sites (N-methyl/N-ethyl adjacent to an activating group) is 1. The highest BCUT2D eigenvalue weighted by Gasteiger charge is 2.29. The van der Waals surface area contributed by atoms with Gasteiger partial charge in [-0.2, -0.15) is 4.31 Å². The maximum atomic E-state index is 13.5. The molecule has 0 radical (unpaired) electrons. The minimum atomic E-state index is -3.60. The van der Waals surface area contributed by atoms with Crippen LogP contribution in [0.5, 0.6) is 0 Å². The molecular weight excluding hydrogens is 504 g/mol. The predicted octanol–water partition coefficient (Wildman–Crippen LogP) is 4.88. The van der Waals surface area contributed by atoms with E-state index in [1.807, 2.05) is 43.3 Å². The van der Waals surface area contributed by atoms with Crippen molar-refractivity contribution in [3.8, 4) is 0 Å². The summed E-state index contributed by atoms with van der Waals surface area (Å²) < 4.78 is 28.9. The lowest BCUT2D eigenvalue weighted by atomic mass is 9.96. The highest BCUT2D eigenvalue weighted by molar-refractivity contribution is 7.89. The fraction of sp³-hybridized carbons (Fsp3) is 0.440. The Morgan fingerprint density at radius 3 is 2.26 bits per heavy atom. The van der Waals surface area contributed by atoms with Crippen LogP contribution in [-0.2, 0) is 10.0 Å². The lowest BCUT2D eigenvalue weighted by Crippen LogP contribution is -2.38. The summed E-state index contributed by atoms with van der Waals surface area (Å²) in [4.78, 5) is 22.1. The fourth-order valence-electron chi connectivity index (χ4n) is 4.29. The molecule has 10 heteroatoms. The van der Waals surface area contributed by atoms with Gasteiger partial charge in [-0.1, -0.05) is 42.7 Å². The van der Waals surface area contributed by atoms with Gasteiger partial charge in [-0.15, -0.1) is 12.4 Å². The molecule has 0 atom stereocenters. The molecule has 3 aromatic rings. The number of para-hydroxylation sites is 1. The molecule has 0 N–H and O–H groups in total. The van der Waals surface area contributed by atoms with E-state index in [9.17, 15) is 13.2 Å². The first-order valence-electron chi connectivity index (χ1n) is 11.7. The lowest BCUT2D eigenvalue weighted by molar-refractivity contribution is 0.0985. The van der Waals surface area contributed by atoms with E-state index < -0.39 is 10.0 Å². The van der Waals surface area contributed by atoms with Crippen molar-refractivity contribution < 1.29 is 13.2 Å². The van der Waals surface area contributed by atoms with Gasteiger partial charge in [0.15, 0.2) is 5.13 Å². The molecule has 1 amide bonds. The molecule has 0 spiro atoms. The standard InChI is InChI=1S/C25H32N4O3S2.ClH/c1-27(2)17-18-29(25-26-22-11-7-8-12-23(22)33-25)24(30)19-13-15-21(16-14-19)34(31,32)28(3)20-9-5-4-6-10-20;/h7-8,11-16,20H,4-6,9-10,17-18H2,1-3H3;1H. The van der Waals surface area contributed by atoms with Crippen LogP contribution in [0.3, 0.4) is 0 Å². The van der Waals surface area contributed by atoms with E-state index >= 15 is 0 Å². The Kier molecular flexibility index (Phi) is 9.28. The van der Waals surface area contributed by atoms with Crippen LogP contribution in [0, 0.1) is 0 Å². The number of amides is 1. The molecular formula is C25H33ClN4O3S2. The first-order valence-corrected chi connectivity index (χ1v) is 13.9. The van der Waals surface area contributed by atoms with Crippen molar-refractivity contribution in [2.45, 2.75) is 43.0 Å². The Morgan fingerprint density at radius 2 is 1.63 bits per heavy atom. The molecule has 2 aromatic carbocycles. The predicted molar refractivity (Wildman–Crippen MR) is 145 cm³/mol. The Balaban J connectivity index is 0.00000342. The quantitative estimate of drug-likeness (QED) is 0.410. The number of hydrogen-bond donors (Lipinski definition) is 0. The molecule has 1 fully saturated rings. The Hall–Kier alpha value is -2.04. The summed E-state index contributed by atoms with van der Waals surface area (Å²) in [5.41, 5.74) is 1.30. The number of anilines is 1. The number of halogens is 1. The number of carbonyl (C=O) groups is 1. The van der Waals surface area contributed by atoms with Crippen LogP contribution in [0.1, 0.15) is 42.5 Å². The van der Waals surface area contributed by atoms with Crippen LogP contribution in [0.15, 0.2) is 53.4 Å². The van der Waals surface area contributed by atoms with Crippen molar-refractivity contribution >= 4 is 55.0 Å². The van der Waals surface area contributed by atoms with Crippen LogP contribution in [0.4, 0.5) is 5.13 Å². The maximum Gasteiger partial charge on any atom is 0.260 e. The highest BCUT2D eigenvalue weighted by Crippen LogP contribution is 2.30. The van der Waals surface area contributed by atoms with E-state index in [4.69, 9.17) is 0 Å². The zero-order valence-electron chi connectivity index (χ0n) is 20.4. The average molecular weight is 537 g/mol. The second-order valence-electron chi connectivity index (χ2n) is 9.06. The average Bonchev–Trinajstić information content (AvgIpc) is 3.28. The molecule has 4 rings (SSSR count). The van der Waals surface area contributed by atoms with Crippen molar-refractivity contribution in [3.05, 3.63) is 54.1 Å². The van der Waals surface area contributed by atoms with Crippen molar-refractivity contribution in [1.29, 1.82) is 0 Å². The highest BCUT2D eigenvalue weighted by atomic mass is 35.5. The number of hydrogen-bond acceptors (Lipinski definition) is 6. The second-order valence-corrected chi connectivity index (χ2v) is 12.1. The van der Waals surface area contributed by atoms with Gasteiger partial charge in [0.2, 0.25) is 10.0 Å². The smallest absolute Gasteiger partial charge is 0.260 e. The summed E-state index contributed by atoms with van der Waals surface area (Å²) in [6.07, 6.45) is 5.09. The maximum absolute atomic E-state index is 13.5. The van der Waals surface area contributed by atoms with E-state index in [-0.39, 0.29) is 29.3 Å². The number of carbonyl (C=O) groups excluding carboxylic acids is 1. The Bertz CT molecular complexity index is 1210. The van der Waals surface area contributed by atoms with Crippen LogP contribution >= 0.6 is 23.7 Å². The minimum Gasteiger partial charge on any atom is -0.308 e. The summed E-state index contributed by atoms with van der Waals surface area (Å²) >= 11 is 1.48. The fourth-order valence-corrected chi connectivity index (χ4v) is 6.70. The second kappa shape index (κ2) is 11.8. The third-order valence-electron chi connectivity index (χ3n) is 6.40. The van der Waals surface area contributed by atoms with Crippen molar-refractivity contribution in [3.63, 3.8) is 0 Å². The third kappa shape index (κ3) is 6.21. The first kappa shape index (κ1) is 27.5. The van der Waals surface area contributed by atoms with Gasteiger partial charge in [-0.3, -0.25) is 9.69 Å². The van der Waals surface area contributed by atoms with E-state index in [2.05, 4.69) is 4.98 Å². The van der Waals surface area contributed by atoms with Gasteiger partial charge in [-0.05, 0) is 63.3 Å². The van der Waals surface area contributed by atoms with Crippen molar-refractivity contribution in [2.24, 2.45) is 0 Å². The van der Waals surface area contributed by atoms with Gasteiger partial charge in [0, 0.05) is 31.7 Å². The molecule has 1 aliphatic carbocycles. The molecule has 0 saturated heterocycles. The molecule has 1 heterocycles. The molecule has 0 aliphatic heterocycles. The molecule has 0 bridgehead atoms.